The minimum Gasteiger partial charge on any atom is -0.126 e. The lowest BCUT2D eigenvalue weighted by Crippen LogP contribution is -2.02. The van der Waals surface area contributed by atoms with Gasteiger partial charge in [-0.25, -0.2) is 0 Å². The maximum atomic E-state index is 6.14. The van der Waals surface area contributed by atoms with E-state index in [0.717, 1.165) is 12.8 Å². The predicted molar refractivity (Wildman–Crippen MR) is 84.0 cm³/mol. The van der Waals surface area contributed by atoms with Crippen LogP contribution in [0.3, 0.4) is 0 Å². The molecule has 0 N–H and O–H groups in total. The number of halogens is 1. The molecule has 100 valence electrons. The fraction of sp³-hybridized carbons (Fsp3) is 0.333. The van der Waals surface area contributed by atoms with Gasteiger partial charge in [0.15, 0.2) is 0 Å². The highest BCUT2D eigenvalue weighted by Gasteiger charge is 2.10. The molecular formula is C18H21Cl. The van der Waals surface area contributed by atoms with Crippen LogP contribution in [0.2, 0.25) is 0 Å². The first-order chi connectivity index (χ1) is 9.29. The number of aryl methyl sites for hydroxylation is 2. The molecule has 0 saturated carbocycles. The lowest BCUT2D eigenvalue weighted by atomic mass is 9.93. The Morgan fingerprint density at radius 3 is 2.47 bits per heavy atom. The van der Waals surface area contributed by atoms with Crippen LogP contribution in [0.15, 0.2) is 54.6 Å². The molecular weight excluding hydrogens is 252 g/mol. The summed E-state index contributed by atoms with van der Waals surface area (Å²) in [5.74, 6) is 1.18. The Morgan fingerprint density at radius 1 is 1.00 bits per heavy atom. The average molecular weight is 273 g/mol. The number of alkyl halides is 1. The van der Waals surface area contributed by atoms with Crippen molar-refractivity contribution in [2.75, 3.05) is 5.88 Å². The van der Waals surface area contributed by atoms with E-state index >= 15 is 0 Å². The highest BCUT2D eigenvalue weighted by Crippen LogP contribution is 2.24. The van der Waals surface area contributed by atoms with Crippen LogP contribution in [0, 0.1) is 6.92 Å². The first-order valence-electron chi connectivity index (χ1n) is 6.96. The molecule has 0 saturated heterocycles. The second-order valence-corrected chi connectivity index (χ2v) is 5.45. The van der Waals surface area contributed by atoms with E-state index in [9.17, 15) is 0 Å². The van der Waals surface area contributed by atoms with Crippen molar-refractivity contribution in [3.05, 3.63) is 71.3 Å². The normalized spacial score (nSPS) is 12.3. The number of benzene rings is 2. The standard InChI is InChI=1S/C18H21Cl/c1-15-7-5-11-17(13-15)18(14-19)12-6-10-16-8-3-2-4-9-16/h2-5,7-9,11,13,18H,6,10,12,14H2,1H3. The van der Waals surface area contributed by atoms with E-state index in [2.05, 4.69) is 61.5 Å². The molecule has 0 aliphatic heterocycles. The Labute approximate surface area is 121 Å². The molecule has 0 fully saturated rings. The zero-order valence-corrected chi connectivity index (χ0v) is 12.2. The maximum Gasteiger partial charge on any atom is 0.0292 e. The molecule has 0 aliphatic carbocycles. The van der Waals surface area contributed by atoms with Crippen LogP contribution < -0.4 is 0 Å². The SMILES string of the molecule is Cc1cccc(C(CCl)CCCc2ccccc2)c1. The van der Waals surface area contributed by atoms with Crippen LogP contribution in [-0.4, -0.2) is 5.88 Å². The van der Waals surface area contributed by atoms with Crippen LogP contribution in [0.25, 0.3) is 0 Å². The smallest absolute Gasteiger partial charge is 0.0292 e. The Hall–Kier alpha value is -1.27. The molecule has 2 rings (SSSR count). The summed E-state index contributed by atoms with van der Waals surface area (Å²) >= 11 is 6.14. The van der Waals surface area contributed by atoms with Gasteiger partial charge in [-0.3, -0.25) is 0 Å². The van der Waals surface area contributed by atoms with E-state index in [1.807, 2.05) is 0 Å². The molecule has 0 nitrogen and oxygen atoms in total. The Morgan fingerprint density at radius 2 is 1.79 bits per heavy atom. The first kappa shape index (κ1) is 14.1. The third-order valence-electron chi connectivity index (χ3n) is 3.56. The van der Waals surface area contributed by atoms with E-state index in [1.165, 1.54) is 23.1 Å². The van der Waals surface area contributed by atoms with Crippen molar-refractivity contribution in [3.63, 3.8) is 0 Å². The molecule has 0 heterocycles. The Kier molecular flexibility index (Phi) is 5.47. The molecule has 0 bridgehead atoms. The van der Waals surface area contributed by atoms with Gasteiger partial charge in [0.2, 0.25) is 0 Å². The molecule has 1 heteroatoms. The minimum absolute atomic E-state index is 0.477. The molecule has 0 spiro atoms. The van der Waals surface area contributed by atoms with Gasteiger partial charge in [0, 0.05) is 5.88 Å². The zero-order chi connectivity index (χ0) is 13.5. The fourth-order valence-electron chi connectivity index (χ4n) is 2.45. The van der Waals surface area contributed by atoms with Gasteiger partial charge >= 0.3 is 0 Å². The highest BCUT2D eigenvalue weighted by molar-refractivity contribution is 6.18. The second-order valence-electron chi connectivity index (χ2n) is 5.14. The van der Waals surface area contributed by atoms with Crippen molar-refractivity contribution in [2.24, 2.45) is 0 Å². The topological polar surface area (TPSA) is 0 Å². The largest absolute Gasteiger partial charge is 0.126 e. The van der Waals surface area contributed by atoms with Gasteiger partial charge in [-0.2, -0.15) is 0 Å². The van der Waals surface area contributed by atoms with Gasteiger partial charge < -0.3 is 0 Å². The lowest BCUT2D eigenvalue weighted by Gasteiger charge is -2.15. The molecule has 1 unspecified atom stereocenters. The van der Waals surface area contributed by atoms with E-state index in [4.69, 9.17) is 11.6 Å². The Bertz CT molecular complexity index is 490. The van der Waals surface area contributed by atoms with E-state index in [-0.39, 0.29) is 0 Å². The van der Waals surface area contributed by atoms with Crippen LogP contribution in [0.4, 0.5) is 0 Å². The van der Waals surface area contributed by atoms with Crippen molar-refractivity contribution in [2.45, 2.75) is 32.1 Å². The van der Waals surface area contributed by atoms with Crippen molar-refractivity contribution in [1.82, 2.24) is 0 Å². The monoisotopic (exact) mass is 272 g/mol. The van der Waals surface area contributed by atoms with Crippen molar-refractivity contribution >= 4 is 11.6 Å². The summed E-state index contributed by atoms with van der Waals surface area (Å²) in [7, 11) is 0. The van der Waals surface area contributed by atoms with Crippen molar-refractivity contribution in [3.8, 4) is 0 Å². The van der Waals surface area contributed by atoms with Gasteiger partial charge in [0.05, 0.1) is 0 Å². The average Bonchev–Trinajstić information content (AvgIpc) is 2.45. The van der Waals surface area contributed by atoms with E-state index in [1.54, 1.807) is 0 Å². The molecule has 1 atom stereocenters. The summed E-state index contributed by atoms with van der Waals surface area (Å²) in [6.45, 7) is 2.14. The third-order valence-corrected chi connectivity index (χ3v) is 3.93. The van der Waals surface area contributed by atoms with E-state index in [0.29, 0.717) is 11.8 Å². The number of hydrogen-bond donors (Lipinski definition) is 0. The van der Waals surface area contributed by atoms with Gasteiger partial charge in [-0.05, 0) is 43.2 Å². The summed E-state index contributed by atoms with van der Waals surface area (Å²) in [5.41, 5.74) is 4.11. The molecule has 2 aromatic carbocycles. The molecule has 0 radical (unpaired) electrons. The minimum atomic E-state index is 0.477. The molecule has 19 heavy (non-hydrogen) atoms. The van der Waals surface area contributed by atoms with Crippen LogP contribution in [0.5, 0.6) is 0 Å². The summed E-state index contributed by atoms with van der Waals surface area (Å²) < 4.78 is 0. The summed E-state index contributed by atoms with van der Waals surface area (Å²) in [5, 5.41) is 0. The summed E-state index contributed by atoms with van der Waals surface area (Å²) in [6.07, 6.45) is 3.48. The van der Waals surface area contributed by atoms with Gasteiger partial charge in [-0.15, -0.1) is 11.6 Å². The summed E-state index contributed by atoms with van der Waals surface area (Å²) in [6, 6.07) is 19.4. The third kappa shape index (κ3) is 4.40. The second kappa shape index (κ2) is 7.35. The van der Waals surface area contributed by atoms with Crippen molar-refractivity contribution < 1.29 is 0 Å². The maximum absolute atomic E-state index is 6.14. The number of hydrogen-bond acceptors (Lipinski definition) is 0. The highest BCUT2D eigenvalue weighted by atomic mass is 35.5. The van der Waals surface area contributed by atoms with Crippen LogP contribution in [0.1, 0.15) is 35.4 Å². The Balaban J connectivity index is 1.89. The molecule has 2 aromatic rings. The van der Waals surface area contributed by atoms with Crippen LogP contribution in [-0.2, 0) is 6.42 Å². The molecule has 0 aromatic heterocycles. The lowest BCUT2D eigenvalue weighted by molar-refractivity contribution is 0.637. The quantitative estimate of drug-likeness (QED) is 0.623. The zero-order valence-electron chi connectivity index (χ0n) is 11.5. The van der Waals surface area contributed by atoms with Gasteiger partial charge in [0.1, 0.15) is 0 Å². The molecule has 0 amide bonds. The van der Waals surface area contributed by atoms with Gasteiger partial charge in [-0.1, -0.05) is 60.2 Å². The fourth-order valence-corrected chi connectivity index (χ4v) is 2.79. The molecule has 0 aliphatic rings. The first-order valence-corrected chi connectivity index (χ1v) is 7.49. The van der Waals surface area contributed by atoms with Crippen molar-refractivity contribution in [1.29, 1.82) is 0 Å². The van der Waals surface area contributed by atoms with Crippen LogP contribution >= 0.6 is 11.6 Å². The van der Waals surface area contributed by atoms with E-state index < -0.39 is 0 Å². The van der Waals surface area contributed by atoms with Gasteiger partial charge in [0.25, 0.3) is 0 Å². The summed E-state index contributed by atoms with van der Waals surface area (Å²) in [4.78, 5) is 0. The predicted octanol–water partition coefficient (Wildman–Crippen LogP) is 5.34. The number of rotatable bonds is 6.